The third-order valence-electron chi connectivity index (χ3n) is 2.54. The predicted octanol–water partition coefficient (Wildman–Crippen LogP) is 1.75. The topological polar surface area (TPSA) is 58.2 Å². The first-order chi connectivity index (χ1) is 7.63. The molecule has 1 aromatic rings. The van der Waals surface area contributed by atoms with Crippen molar-refractivity contribution < 1.29 is 9.59 Å². The van der Waals surface area contributed by atoms with Crippen molar-refractivity contribution in [3.8, 4) is 0 Å². The monoisotopic (exact) mass is 330 g/mol. The molecule has 0 aromatic heterocycles. The predicted molar refractivity (Wildman–Crippen MR) is 69.3 cm³/mol. The molecule has 84 valence electrons. The van der Waals surface area contributed by atoms with Crippen LogP contribution in [-0.2, 0) is 4.79 Å². The van der Waals surface area contributed by atoms with Crippen LogP contribution in [-0.4, -0.2) is 17.9 Å². The Hall–Kier alpha value is -1.11. The molecule has 2 rings (SSSR count). The van der Waals surface area contributed by atoms with E-state index in [-0.39, 0.29) is 11.8 Å². The van der Waals surface area contributed by atoms with Crippen LogP contribution in [0.4, 0.5) is 5.69 Å². The van der Waals surface area contributed by atoms with Gasteiger partial charge >= 0.3 is 0 Å². The Morgan fingerprint density at radius 1 is 1.38 bits per heavy atom. The molecule has 1 atom stereocenters. The highest BCUT2D eigenvalue weighted by Gasteiger charge is 2.27. The number of rotatable bonds is 1. The lowest BCUT2D eigenvalue weighted by Crippen LogP contribution is -2.40. The summed E-state index contributed by atoms with van der Waals surface area (Å²) >= 11 is 2.10. The molecule has 0 aliphatic carbocycles. The average molecular weight is 330 g/mol. The summed E-state index contributed by atoms with van der Waals surface area (Å²) < 4.78 is 0.871. The van der Waals surface area contributed by atoms with Crippen molar-refractivity contribution >= 4 is 40.1 Å². The van der Waals surface area contributed by atoms with Gasteiger partial charge in [-0.25, -0.2) is 0 Å². The van der Waals surface area contributed by atoms with Crippen molar-refractivity contribution in [1.82, 2.24) is 5.32 Å². The van der Waals surface area contributed by atoms with Crippen molar-refractivity contribution in [2.24, 2.45) is 0 Å². The summed E-state index contributed by atoms with van der Waals surface area (Å²) in [7, 11) is 0. The van der Waals surface area contributed by atoms with Gasteiger partial charge in [0.25, 0.3) is 5.91 Å². The maximum atomic E-state index is 11.9. The maximum Gasteiger partial charge on any atom is 0.254 e. The van der Waals surface area contributed by atoms with Gasteiger partial charge in [-0.05, 0) is 41.1 Å². The van der Waals surface area contributed by atoms with E-state index in [4.69, 9.17) is 0 Å². The van der Waals surface area contributed by atoms with E-state index >= 15 is 0 Å². The second kappa shape index (κ2) is 4.40. The van der Waals surface area contributed by atoms with E-state index in [9.17, 15) is 9.59 Å². The van der Waals surface area contributed by atoms with Gasteiger partial charge in [-0.1, -0.05) is 13.0 Å². The summed E-state index contributed by atoms with van der Waals surface area (Å²) in [6.45, 7) is 1.87. The molecule has 2 N–H and O–H groups in total. The summed E-state index contributed by atoms with van der Waals surface area (Å²) in [4.78, 5) is 23.6. The van der Waals surface area contributed by atoms with Crippen molar-refractivity contribution in [2.75, 3.05) is 5.32 Å². The van der Waals surface area contributed by atoms with Crippen molar-refractivity contribution in [3.63, 3.8) is 0 Å². The number of halogens is 1. The van der Waals surface area contributed by atoms with Gasteiger partial charge in [-0.2, -0.15) is 0 Å². The van der Waals surface area contributed by atoms with Crippen LogP contribution in [0.15, 0.2) is 18.2 Å². The smallest absolute Gasteiger partial charge is 0.254 e. The van der Waals surface area contributed by atoms with Crippen molar-refractivity contribution in [1.29, 1.82) is 0 Å². The van der Waals surface area contributed by atoms with Crippen LogP contribution in [0.25, 0.3) is 0 Å². The first kappa shape index (κ1) is 11.4. The molecule has 1 aromatic carbocycles. The van der Waals surface area contributed by atoms with Crippen LogP contribution in [0, 0.1) is 3.57 Å². The number of fused-ring (bicyclic) bond motifs is 1. The van der Waals surface area contributed by atoms with Gasteiger partial charge in [-0.3, -0.25) is 9.59 Å². The van der Waals surface area contributed by atoms with E-state index in [0.29, 0.717) is 17.7 Å². The van der Waals surface area contributed by atoms with E-state index in [0.717, 1.165) is 3.57 Å². The first-order valence-electron chi connectivity index (χ1n) is 5.03. The molecule has 16 heavy (non-hydrogen) atoms. The zero-order valence-corrected chi connectivity index (χ0v) is 10.9. The fraction of sp³-hybridized carbons (Fsp3) is 0.273. The second-order valence-electron chi connectivity index (χ2n) is 3.59. The number of amides is 2. The van der Waals surface area contributed by atoms with Crippen LogP contribution < -0.4 is 10.6 Å². The standard InChI is InChI=1S/C11H11IN2O2/c1-2-8-11(16)14-9-6(10(15)13-8)4-3-5-7(9)12/h3-5,8H,2H2,1H3,(H,13,15)(H,14,16). The molecule has 5 heteroatoms. The Bertz CT molecular complexity index is 459. The number of hydrogen-bond acceptors (Lipinski definition) is 2. The summed E-state index contributed by atoms with van der Waals surface area (Å²) in [5, 5.41) is 5.50. The van der Waals surface area contributed by atoms with E-state index < -0.39 is 6.04 Å². The van der Waals surface area contributed by atoms with E-state index in [1.165, 1.54) is 0 Å². The van der Waals surface area contributed by atoms with Gasteiger partial charge in [0, 0.05) is 3.57 Å². The summed E-state index contributed by atoms with van der Waals surface area (Å²) in [6.07, 6.45) is 0.585. The van der Waals surface area contributed by atoms with Crippen LogP contribution in [0.5, 0.6) is 0 Å². The fourth-order valence-electron chi connectivity index (χ4n) is 1.64. The molecule has 0 radical (unpaired) electrons. The number of anilines is 1. The van der Waals surface area contributed by atoms with Crippen molar-refractivity contribution in [3.05, 3.63) is 27.3 Å². The molecular weight excluding hydrogens is 319 g/mol. The Labute approximate surface area is 107 Å². The molecule has 2 amide bonds. The van der Waals surface area contributed by atoms with Crippen molar-refractivity contribution in [2.45, 2.75) is 19.4 Å². The zero-order chi connectivity index (χ0) is 11.7. The van der Waals surface area contributed by atoms with E-state index in [2.05, 4.69) is 33.2 Å². The largest absolute Gasteiger partial charge is 0.340 e. The highest BCUT2D eigenvalue weighted by molar-refractivity contribution is 14.1. The van der Waals surface area contributed by atoms with E-state index in [1.807, 2.05) is 13.0 Å². The molecule has 0 fully saturated rings. The van der Waals surface area contributed by atoms with Crippen LogP contribution in [0.3, 0.4) is 0 Å². The Morgan fingerprint density at radius 2 is 2.12 bits per heavy atom. The van der Waals surface area contributed by atoms with Crippen LogP contribution >= 0.6 is 22.6 Å². The lowest BCUT2D eigenvalue weighted by molar-refractivity contribution is -0.117. The van der Waals surface area contributed by atoms with Crippen LogP contribution in [0.2, 0.25) is 0 Å². The average Bonchev–Trinajstić information content (AvgIpc) is 2.39. The van der Waals surface area contributed by atoms with Gasteiger partial charge in [0.15, 0.2) is 0 Å². The van der Waals surface area contributed by atoms with Gasteiger partial charge < -0.3 is 10.6 Å². The molecule has 1 aliphatic rings. The molecular formula is C11H11IN2O2. The Morgan fingerprint density at radius 3 is 2.81 bits per heavy atom. The molecule has 1 heterocycles. The summed E-state index contributed by atoms with van der Waals surface area (Å²) in [5.41, 5.74) is 1.14. The SMILES string of the molecule is CCC1NC(=O)c2cccc(I)c2NC1=O. The fourth-order valence-corrected chi connectivity index (χ4v) is 2.27. The summed E-state index contributed by atoms with van der Waals surface area (Å²) in [5.74, 6) is -0.350. The minimum Gasteiger partial charge on any atom is -0.340 e. The molecule has 0 bridgehead atoms. The third kappa shape index (κ3) is 1.91. The van der Waals surface area contributed by atoms with Gasteiger partial charge in [0.1, 0.15) is 6.04 Å². The minimum atomic E-state index is -0.448. The number of benzene rings is 1. The van der Waals surface area contributed by atoms with Crippen LogP contribution in [0.1, 0.15) is 23.7 Å². The lowest BCUT2D eigenvalue weighted by Gasteiger charge is -2.11. The number of carbonyl (C=O) groups excluding carboxylic acids is 2. The second-order valence-corrected chi connectivity index (χ2v) is 4.75. The molecule has 0 saturated heterocycles. The van der Waals surface area contributed by atoms with Gasteiger partial charge in [-0.15, -0.1) is 0 Å². The molecule has 0 saturated carbocycles. The van der Waals surface area contributed by atoms with E-state index in [1.54, 1.807) is 12.1 Å². The molecule has 1 aliphatic heterocycles. The lowest BCUT2D eigenvalue weighted by atomic mass is 10.1. The first-order valence-corrected chi connectivity index (χ1v) is 6.11. The minimum absolute atomic E-state index is 0.154. The number of nitrogens with one attached hydrogen (secondary N) is 2. The Kier molecular flexibility index (Phi) is 3.13. The van der Waals surface area contributed by atoms with Gasteiger partial charge in [0.2, 0.25) is 5.91 Å². The molecule has 1 unspecified atom stereocenters. The Balaban J connectivity index is 2.49. The normalized spacial score (nSPS) is 19.5. The number of carbonyl (C=O) groups is 2. The maximum absolute atomic E-state index is 11.9. The van der Waals surface area contributed by atoms with Gasteiger partial charge in [0.05, 0.1) is 11.3 Å². The third-order valence-corrected chi connectivity index (χ3v) is 3.44. The zero-order valence-electron chi connectivity index (χ0n) is 8.71. The number of para-hydroxylation sites is 1. The highest BCUT2D eigenvalue weighted by atomic mass is 127. The molecule has 0 spiro atoms. The number of hydrogen-bond donors (Lipinski definition) is 2. The highest BCUT2D eigenvalue weighted by Crippen LogP contribution is 2.25. The summed E-state index contributed by atoms with van der Waals surface area (Å²) in [6, 6.07) is 4.93. The molecule has 4 nitrogen and oxygen atoms in total. The quantitative estimate of drug-likeness (QED) is 0.771.